The lowest BCUT2D eigenvalue weighted by atomic mass is 10.2. The van der Waals surface area contributed by atoms with Gasteiger partial charge in [0.2, 0.25) is 5.91 Å². The quantitative estimate of drug-likeness (QED) is 0.544. The first-order valence-electron chi connectivity index (χ1n) is 9.11. The van der Waals surface area contributed by atoms with Gasteiger partial charge in [0.1, 0.15) is 6.54 Å². The Morgan fingerprint density at radius 3 is 2.48 bits per heavy atom. The Morgan fingerprint density at radius 2 is 1.76 bits per heavy atom. The highest BCUT2D eigenvalue weighted by atomic mass is 16.2. The fraction of sp³-hybridized carbons (Fsp3) is 0.143. The first-order valence-corrected chi connectivity index (χ1v) is 9.11. The Labute approximate surface area is 165 Å². The summed E-state index contributed by atoms with van der Waals surface area (Å²) in [6, 6.07) is 17.7. The number of carbonyl (C=O) groups is 1. The predicted octanol–water partition coefficient (Wildman–Crippen LogP) is 1.88. The normalized spacial score (nSPS) is 10.9. The number of aromatic amines is 1. The zero-order chi connectivity index (χ0) is 20.4. The molecule has 0 radical (unpaired) electrons. The van der Waals surface area contributed by atoms with E-state index in [4.69, 9.17) is 0 Å². The second-order valence-electron chi connectivity index (χ2n) is 6.75. The third-order valence-electron chi connectivity index (χ3n) is 4.59. The number of fused-ring (bicyclic) bond motifs is 1. The number of nitrogens with zero attached hydrogens (tertiary/aromatic N) is 3. The Balaban J connectivity index is 1.77. The van der Waals surface area contributed by atoms with E-state index < -0.39 is 11.6 Å². The molecule has 0 bridgehead atoms. The SMILES string of the molecule is Cc1cc(NC(=O)Cn2c(=O)n(Cc3ccccc3)c(=O)c3ccccc32)n[nH]1. The number of para-hydroxylation sites is 1. The molecule has 4 aromatic rings. The highest BCUT2D eigenvalue weighted by Crippen LogP contribution is 2.09. The minimum Gasteiger partial charge on any atom is -0.308 e. The molecule has 0 aliphatic rings. The number of carbonyl (C=O) groups excluding carboxylic acids is 1. The lowest BCUT2D eigenvalue weighted by molar-refractivity contribution is -0.116. The van der Waals surface area contributed by atoms with Gasteiger partial charge >= 0.3 is 5.69 Å². The lowest BCUT2D eigenvalue weighted by Gasteiger charge is -2.14. The molecule has 2 aromatic heterocycles. The molecule has 0 aliphatic carbocycles. The van der Waals surface area contributed by atoms with Crippen molar-refractivity contribution in [2.75, 3.05) is 5.32 Å². The molecule has 2 aromatic carbocycles. The summed E-state index contributed by atoms with van der Waals surface area (Å²) in [5, 5.41) is 9.75. The molecular weight excluding hydrogens is 370 g/mol. The number of nitrogens with one attached hydrogen (secondary N) is 2. The molecule has 29 heavy (non-hydrogen) atoms. The number of anilines is 1. The van der Waals surface area contributed by atoms with Crippen LogP contribution in [-0.2, 0) is 17.9 Å². The summed E-state index contributed by atoms with van der Waals surface area (Å²) in [5.74, 6) is -0.0314. The van der Waals surface area contributed by atoms with Gasteiger partial charge in [-0.2, -0.15) is 5.10 Å². The van der Waals surface area contributed by atoms with Crippen molar-refractivity contribution in [3.63, 3.8) is 0 Å². The summed E-state index contributed by atoms with van der Waals surface area (Å²) in [5.41, 5.74) is 1.13. The number of rotatable bonds is 5. The highest BCUT2D eigenvalue weighted by molar-refractivity contribution is 5.90. The summed E-state index contributed by atoms with van der Waals surface area (Å²) in [6.07, 6.45) is 0. The van der Waals surface area contributed by atoms with E-state index in [-0.39, 0.29) is 18.6 Å². The second kappa shape index (κ2) is 7.59. The topological polar surface area (TPSA) is 102 Å². The molecule has 0 fully saturated rings. The smallest absolute Gasteiger partial charge is 0.308 e. The maximum atomic E-state index is 13.1. The third-order valence-corrected chi connectivity index (χ3v) is 4.59. The number of benzene rings is 2. The van der Waals surface area contributed by atoms with Crippen molar-refractivity contribution in [1.82, 2.24) is 19.3 Å². The highest BCUT2D eigenvalue weighted by Gasteiger charge is 2.16. The maximum Gasteiger partial charge on any atom is 0.332 e. The molecule has 0 saturated heterocycles. The van der Waals surface area contributed by atoms with E-state index in [1.807, 2.05) is 37.3 Å². The maximum absolute atomic E-state index is 13.1. The molecule has 146 valence electrons. The van der Waals surface area contributed by atoms with Crippen LogP contribution in [0, 0.1) is 6.92 Å². The average Bonchev–Trinajstić information content (AvgIpc) is 3.13. The van der Waals surface area contributed by atoms with E-state index in [9.17, 15) is 14.4 Å². The van der Waals surface area contributed by atoms with E-state index in [1.54, 1.807) is 30.3 Å². The molecule has 8 heteroatoms. The molecule has 0 spiro atoms. The van der Waals surface area contributed by atoms with E-state index in [1.165, 1.54) is 4.57 Å². The zero-order valence-corrected chi connectivity index (χ0v) is 15.8. The van der Waals surface area contributed by atoms with Crippen molar-refractivity contribution in [3.8, 4) is 0 Å². The van der Waals surface area contributed by atoms with Crippen molar-refractivity contribution >= 4 is 22.6 Å². The Bertz CT molecular complexity index is 1300. The van der Waals surface area contributed by atoms with Crippen LogP contribution in [0.2, 0.25) is 0 Å². The van der Waals surface area contributed by atoms with Crippen molar-refractivity contribution < 1.29 is 4.79 Å². The number of aromatic nitrogens is 4. The first-order chi connectivity index (χ1) is 14.0. The van der Waals surface area contributed by atoms with Crippen molar-refractivity contribution in [2.45, 2.75) is 20.0 Å². The van der Waals surface area contributed by atoms with Crippen LogP contribution in [-0.4, -0.2) is 25.2 Å². The molecule has 0 unspecified atom stereocenters. The van der Waals surface area contributed by atoms with Crippen LogP contribution in [0.25, 0.3) is 10.9 Å². The number of hydrogen-bond donors (Lipinski definition) is 2. The Morgan fingerprint density at radius 1 is 1.03 bits per heavy atom. The van der Waals surface area contributed by atoms with Gasteiger partial charge in [-0.1, -0.05) is 42.5 Å². The minimum atomic E-state index is -0.536. The van der Waals surface area contributed by atoms with Crippen LogP contribution >= 0.6 is 0 Å². The Kier molecular flexibility index (Phi) is 4.82. The van der Waals surface area contributed by atoms with Gasteiger partial charge in [0.05, 0.1) is 17.4 Å². The van der Waals surface area contributed by atoms with E-state index in [2.05, 4.69) is 15.5 Å². The number of aryl methyl sites for hydroxylation is 1. The van der Waals surface area contributed by atoms with E-state index in [0.29, 0.717) is 16.7 Å². The standard InChI is InChI=1S/C21H19N5O3/c1-14-11-18(24-23-14)22-19(27)13-25-17-10-6-5-9-16(17)20(28)26(21(25)29)12-15-7-3-2-4-8-15/h2-11H,12-13H2,1H3,(H2,22,23,24,27). The Hall–Kier alpha value is -3.94. The predicted molar refractivity (Wildman–Crippen MR) is 110 cm³/mol. The molecule has 1 amide bonds. The largest absolute Gasteiger partial charge is 0.332 e. The summed E-state index contributed by atoms with van der Waals surface area (Å²) >= 11 is 0. The van der Waals surface area contributed by atoms with Gasteiger partial charge in [0.15, 0.2) is 5.82 Å². The molecule has 8 nitrogen and oxygen atoms in total. The minimum absolute atomic E-state index is 0.128. The fourth-order valence-electron chi connectivity index (χ4n) is 3.24. The van der Waals surface area contributed by atoms with E-state index >= 15 is 0 Å². The van der Waals surface area contributed by atoms with Crippen LogP contribution in [0.3, 0.4) is 0 Å². The molecule has 0 atom stereocenters. The number of hydrogen-bond acceptors (Lipinski definition) is 4. The van der Waals surface area contributed by atoms with Crippen molar-refractivity contribution in [3.05, 3.63) is 92.8 Å². The zero-order valence-electron chi connectivity index (χ0n) is 15.8. The number of H-pyrrole nitrogens is 1. The van der Waals surface area contributed by atoms with Gasteiger partial charge in [-0.25, -0.2) is 4.79 Å². The summed E-state index contributed by atoms with van der Waals surface area (Å²) in [7, 11) is 0. The molecule has 2 N–H and O–H groups in total. The average molecular weight is 389 g/mol. The fourth-order valence-corrected chi connectivity index (χ4v) is 3.24. The van der Waals surface area contributed by atoms with Gasteiger partial charge in [-0.15, -0.1) is 0 Å². The molecule has 2 heterocycles. The van der Waals surface area contributed by atoms with Crippen molar-refractivity contribution in [2.24, 2.45) is 0 Å². The van der Waals surface area contributed by atoms with Crippen molar-refractivity contribution in [1.29, 1.82) is 0 Å². The van der Waals surface area contributed by atoms with Crippen LogP contribution < -0.4 is 16.6 Å². The van der Waals surface area contributed by atoms with Crippen LogP contribution in [0.1, 0.15) is 11.3 Å². The molecule has 0 aliphatic heterocycles. The summed E-state index contributed by atoms with van der Waals surface area (Å²) in [4.78, 5) is 38.6. The molecular formula is C21H19N5O3. The van der Waals surface area contributed by atoms with Gasteiger partial charge < -0.3 is 5.32 Å². The third kappa shape index (κ3) is 3.73. The monoisotopic (exact) mass is 389 g/mol. The second-order valence-corrected chi connectivity index (χ2v) is 6.75. The lowest BCUT2D eigenvalue weighted by Crippen LogP contribution is -2.42. The van der Waals surface area contributed by atoms with Gasteiger partial charge in [-0.05, 0) is 24.6 Å². The van der Waals surface area contributed by atoms with Gasteiger partial charge in [0, 0.05) is 11.8 Å². The van der Waals surface area contributed by atoms with Crippen LogP contribution in [0.4, 0.5) is 5.82 Å². The first kappa shape index (κ1) is 18.4. The van der Waals surface area contributed by atoms with Crippen LogP contribution in [0.15, 0.2) is 70.3 Å². The molecule has 0 saturated carbocycles. The summed E-state index contributed by atoms with van der Waals surface area (Å²) in [6.45, 7) is 1.71. The number of amides is 1. The van der Waals surface area contributed by atoms with Gasteiger partial charge in [0.25, 0.3) is 5.56 Å². The summed E-state index contributed by atoms with van der Waals surface area (Å²) < 4.78 is 2.47. The van der Waals surface area contributed by atoms with Crippen LogP contribution in [0.5, 0.6) is 0 Å². The van der Waals surface area contributed by atoms with Gasteiger partial charge in [-0.3, -0.25) is 23.8 Å². The molecule has 4 rings (SSSR count). The van der Waals surface area contributed by atoms with E-state index in [0.717, 1.165) is 15.8 Å².